The highest BCUT2D eigenvalue weighted by Crippen LogP contribution is 2.23. The van der Waals surface area contributed by atoms with Crippen molar-refractivity contribution in [2.75, 3.05) is 30.1 Å². The zero-order chi connectivity index (χ0) is 23.1. The van der Waals surface area contributed by atoms with Crippen LogP contribution in [-0.2, 0) is 17.1 Å². The number of rotatable bonds is 10. The average Bonchev–Trinajstić information content (AvgIpc) is 3.12. The number of hydrogen-bond donors (Lipinski definition) is 1. The lowest BCUT2D eigenvalue weighted by molar-refractivity contribution is -0.113. The van der Waals surface area contributed by atoms with Crippen LogP contribution in [-0.4, -0.2) is 50.5 Å². The summed E-state index contributed by atoms with van der Waals surface area (Å²) in [6, 6.07) is 9.66. The highest BCUT2D eigenvalue weighted by atomic mass is 32.2. The zero-order valence-corrected chi connectivity index (χ0v) is 20.3. The fourth-order valence-electron chi connectivity index (χ4n) is 2.90. The Morgan fingerprint density at radius 3 is 2.44 bits per heavy atom. The van der Waals surface area contributed by atoms with E-state index >= 15 is 0 Å². The Kier molecular flexibility index (Phi) is 8.29. The molecule has 0 atom stereocenters. The van der Waals surface area contributed by atoms with Crippen LogP contribution in [0.2, 0.25) is 0 Å². The molecule has 0 saturated carbocycles. The summed E-state index contributed by atoms with van der Waals surface area (Å²) in [5, 5.41) is 12.9. The first-order chi connectivity index (χ1) is 15.4. The predicted octanol–water partition coefficient (Wildman–Crippen LogP) is 3.96. The quantitative estimate of drug-likeness (QED) is 0.271. The van der Waals surface area contributed by atoms with Crippen LogP contribution in [0.3, 0.4) is 0 Å². The number of nitrogens with one attached hydrogen (secondary N) is 1. The van der Waals surface area contributed by atoms with Crippen molar-refractivity contribution < 1.29 is 4.79 Å². The highest BCUT2D eigenvalue weighted by Gasteiger charge is 2.15. The van der Waals surface area contributed by atoms with Crippen molar-refractivity contribution in [3.05, 3.63) is 60.2 Å². The normalized spacial score (nSPS) is 10.8. The first-order valence-corrected chi connectivity index (χ1v) is 12.0. The molecule has 0 saturated heterocycles. The molecular formula is C22H27N7OS2. The molecule has 0 fully saturated rings. The second kappa shape index (κ2) is 11.1. The number of carbonyl (C=O) groups excluding carboxylic acids is 1. The second-order valence-corrected chi connectivity index (χ2v) is 9.18. The molecule has 0 radical (unpaired) electrons. The van der Waals surface area contributed by atoms with E-state index in [4.69, 9.17) is 0 Å². The third-order valence-electron chi connectivity index (χ3n) is 4.40. The zero-order valence-electron chi connectivity index (χ0n) is 18.7. The van der Waals surface area contributed by atoms with Gasteiger partial charge in [0.2, 0.25) is 5.91 Å². The van der Waals surface area contributed by atoms with E-state index < -0.39 is 0 Å². The van der Waals surface area contributed by atoms with Crippen LogP contribution in [0.5, 0.6) is 0 Å². The number of nitrogens with zero attached hydrogens (tertiary/aromatic N) is 6. The summed E-state index contributed by atoms with van der Waals surface area (Å²) in [5.74, 6) is 1.51. The van der Waals surface area contributed by atoms with E-state index in [9.17, 15) is 4.79 Å². The minimum Gasteiger partial charge on any atom is -0.378 e. The summed E-state index contributed by atoms with van der Waals surface area (Å²) in [6.45, 7) is 8.30. The van der Waals surface area contributed by atoms with Gasteiger partial charge in [0.25, 0.3) is 0 Å². The second-order valence-electron chi connectivity index (χ2n) is 7.30. The summed E-state index contributed by atoms with van der Waals surface area (Å²) < 4.78 is 1.96. The monoisotopic (exact) mass is 469 g/mol. The van der Waals surface area contributed by atoms with Crippen LogP contribution >= 0.6 is 23.5 Å². The van der Waals surface area contributed by atoms with E-state index in [1.807, 2.05) is 67.7 Å². The molecule has 1 amide bonds. The van der Waals surface area contributed by atoms with Gasteiger partial charge in [-0.3, -0.25) is 4.79 Å². The molecule has 2 heterocycles. The lowest BCUT2D eigenvalue weighted by Gasteiger charge is -2.13. The molecule has 3 rings (SSSR count). The summed E-state index contributed by atoms with van der Waals surface area (Å²) in [7, 11) is 3.96. The molecule has 1 aromatic carbocycles. The molecule has 0 bridgehead atoms. The van der Waals surface area contributed by atoms with Gasteiger partial charge < -0.3 is 14.8 Å². The van der Waals surface area contributed by atoms with Crippen LogP contribution < -0.4 is 10.2 Å². The van der Waals surface area contributed by atoms with Crippen LogP contribution in [0, 0.1) is 13.8 Å². The Labute approximate surface area is 196 Å². The van der Waals surface area contributed by atoms with Crippen LogP contribution in [0.4, 0.5) is 11.4 Å². The van der Waals surface area contributed by atoms with E-state index in [0.29, 0.717) is 22.6 Å². The standard InChI is InChI=1S/C22H27N7OS2/c1-6-11-29-19(13-31-21-23-15(2)12-16(3)24-21)26-27-22(29)32-14-20(30)25-17-7-9-18(10-8-17)28(4)5/h6-10,12H,1,11,13-14H2,2-5H3,(H,25,30). The lowest BCUT2D eigenvalue weighted by Crippen LogP contribution is -2.15. The van der Waals surface area contributed by atoms with Gasteiger partial charge in [-0.05, 0) is 44.2 Å². The maximum atomic E-state index is 12.4. The number of amides is 1. The van der Waals surface area contributed by atoms with E-state index in [2.05, 4.69) is 32.1 Å². The van der Waals surface area contributed by atoms with Crippen molar-refractivity contribution >= 4 is 40.8 Å². The van der Waals surface area contributed by atoms with E-state index in [-0.39, 0.29) is 11.7 Å². The van der Waals surface area contributed by atoms with Gasteiger partial charge in [-0.2, -0.15) is 0 Å². The molecule has 0 aliphatic rings. The van der Waals surface area contributed by atoms with Gasteiger partial charge in [0, 0.05) is 43.4 Å². The lowest BCUT2D eigenvalue weighted by atomic mass is 10.2. The molecule has 0 unspecified atom stereocenters. The summed E-state index contributed by atoms with van der Waals surface area (Å²) in [5.41, 5.74) is 3.71. The Bertz CT molecular complexity index is 1060. The number of benzene rings is 1. The van der Waals surface area contributed by atoms with Gasteiger partial charge in [0.05, 0.1) is 11.5 Å². The summed E-state index contributed by atoms with van der Waals surface area (Å²) in [4.78, 5) is 23.3. The molecule has 1 N–H and O–H groups in total. The van der Waals surface area contributed by atoms with Gasteiger partial charge >= 0.3 is 0 Å². The summed E-state index contributed by atoms with van der Waals surface area (Å²) in [6.07, 6.45) is 1.79. The molecule has 3 aromatic rings. The van der Waals surface area contributed by atoms with Gasteiger partial charge in [0.1, 0.15) is 5.82 Å². The van der Waals surface area contributed by atoms with Crippen molar-refractivity contribution in [3.63, 3.8) is 0 Å². The topological polar surface area (TPSA) is 88.8 Å². The van der Waals surface area contributed by atoms with Crippen molar-refractivity contribution in [3.8, 4) is 0 Å². The van der Waals surface area contributed by atoms with E-state index in [1.165, 1.54) is 23.5 Å². The molecule has 32 heavy (non-hydrogen) atoms. The molecule has 8 nitrogen and oxygen atoms in total. The number of aryl methyl sites for hydroxylation is 2. The van der Waals surface area contributed by atoms with Gasteiger partial charge in [0.15, 0.2) is 10.3 Å². The minimum absolute atomic E-state index is 0.0969. The number of thioether (sulfide) groups is 2. The first-order valence-electron chi connectivity index (χ1n) is 10.0. The third kappa shape index (κ3) is 6.57. The van der Waals surface area contributed by atoms with E-state index in [1.54, 1.807) is 6.08 Å². The Hall–Kier alpha value is -2.85. The predicted molar refractivity (Wildman–Crippen MR) is 131 cm³/mol. The minimum atomic E-state index is -0.0969. The largest absolute Gasteiger partial charge is 0.378 e. The molecule has 168 valence electrons. The van der Waals surface area contributed by atoms with Crippen LogP contribution in [0.1, 0.15) is 17.2 Å². The van der Waals surface area contributed by atoms with E-state index in [0.717, 1.165) is 28.6 Å². The van der Waals surface area contributed by atoms with Gasteiger partial charge in [-0.25, -0.2) is 9.97 Å². The van der Waals surface area contributed by atoms with Gasteiger partial charge in [-0.15, -0.1) is 16.8 Å². The molecule has 10 heteroatoms. The Balaban J connectivity index is 1.60. The van der Waals surface area contributed by atoms with Crippen molar-refractivity contribution in [2.45, 2.75) is 36.5 Å². The number of carbonyl (C=O) groups is 1. The molecule has 0 spiro atoms. The van der Waals surface area contributed by atoms with Crippen LogP contribution in [0.25, 0.3) is 0 Å². The maximum Gasteiger partial charge on any atom is 0.234 e. The summed E-state index contributed by atoms with van der Waals surface area (Å²) >= 11 is 2.86. The fraction of sp³-hybridized carbons (Fsp3) is 0.318. The maximum absolute atomic E-state index is 12.4. The van der Waals surface area contributed by atoms with Gasteiger partial charge in [-0.1, -0.05) is 29.6 Å². The third-order valence-corrected chi connectivity index (χ3v) is 6.21. The van der Waals surface area contributed by atoms with Crippen LogP contribution in [0.15, 0.2) is 53.3 Å². The highest BCUT2D eigenvalue weighted by molar-refractivity contribution is 7.99. The molecule has 0 aliphatic carbocycles. The fourth-order valence-corrected chi connectivity index (χ4v) is 4.56. The SMILES string of the molecule is C=CCn1c(CSc2nc(C)cc(C)n2)nnc1SCC(=O)Nc1ccc(N(C)C)cc1. The van der Waals surface area contributed by atoms with Crippen molar-refractivity contribution in [1.29, 1.82) is 0 Å². The first kappa shape index (κ1) is 23.8. The van der Waals surface area contributed by atoms with Crippen molar-refractivity contribution in [1.82, 2.24) is 24.7 Å². The molecule has 2 aromatic heterocycles. The Morgan fingerprint density at radius 2 is 1.81 bits per heavy atom. The smallest absolute Gasteiger partial charge is 0.234 e. The Morgan fingerprint density at radius 1 is 1.12 bits per heavy atom. The molecular weight excluding hydrogens is 442 g/mol. The molecule has 0 aliphatic heterocycles. The van der Waals surface area contributed by atoms with Crippen molar-refractivity contribution in [2.24, 2.45) is 0 Å². The number of anilines is 2. The average molecular weight is 470 g/mol. The number of hydrogen-bond acceptors (Lipinski definition) is 8. The number of allylic oxidation sites excluding steroid dienone is 1. The number of aromatic nitrogens is 5.